The summed E-state index contributed by atoms with van der Waals surface area (Å²) in [7, 11) is -4.00. The van der Waals surface area contributed by atoms with Crippen molar-refractivity contribution in [3.8, 4) is 17.1 Å². The molecule has 0 bridgehead atoms. The number of hydrogen-bond acceptors (Lipinski definition) is 11. The number of hydrogen-bond donors (Lipinski definition) is 3. The van der Waals surface area contributed by atoms with Gasteiger partial charge in [0.1, 0.15) is 41.2 Å². The number of carbonyl (C=O) groups excluding carboxylic acids is 4. The Morgan fingerprint density at radius 1 is 1.07 bits per heavy atom. The summed E-state index contributed by atoms with van der Waals surface area (Å²) in [6.07, 6.45) is 11.5. The molecule has 17 heteroatoms. The van der Waals surface area contributed by atoms with Crippen LogP contribution in [0.4, 0.5) is 4.79 Å². The molecule has 3 fully saturated rings. The van der Waals surface area contributed by atoms with E-state index in [1.54, 1.807) is 40.1 Å². The van der Waals surface area contributed by atoms with Gasteiger partial charge >= 0.3 is 6.09 Å². The zero-order chi connectivity index (χ0) is 41.6. The summed E-state index contributed by atoms with van der Waals surface area (Å²) in [6, 6.07) is 3.85. The summed E-state index contributed by atoms with van der Waals surface area (Å²) in [6.45, 7) is 10.8. The van der Waals surface area contributed by atoms with E-state index in [2.05, 4.69) is 25.3 Å². The van der Waals surface area contributed by atoms with Crippen LogP contribution < -0.4 is 20.1 Å². The first-order chi connectivity index (χ1) is 27.4. The van der Waals surface area contributed by atoms with Crippen LogP contribution in [-0.4, -0.2) is 97.3 Å². The van der Waals surface area contributed by atoms with E-state index in [1.165, 1.54) is 11.2 Å². The van der Waals surface area contributed by atoms with E-state index in [0.29, 0.717) is 43.6 Å². The van der Waals surface area contributed by atoms with Crippen LogP contribution in [0.3, 0.4) is 0 Å². The number of ether oxygens (including phenoxy) is 2. The van der Waals surface area contributed by atoms with Gasteiger partial charge in [0.15, 0.2) is 0 Å². The van der Waals surface area contributed by atoms with Gasteiger partial charge in [0.05, 0.1) is 16.8 Å². The maximum atomic E-state index is 14.7. The van der Waals surface area contributed by atoms with Crippen LogP contribution in [0.2, 0.25) is 0 Å². The van der Waals surface area contributed by atoms with Crippen LogP contribution in [0.1, 0.15) is 105 Å². The van der Waals surface area contributed by atoms with Gasteiger partial charge in [-0.2, -0.15) is 4.98 Å². The predicted molar refractivity (Wildman–Crippen MR) is 215 cm³/mol. The number of nitrogens with one attached hydrogen (secondary N) is 3. The highest BCUT2D eigenvalue weighted by Gasteiger charge is 2.63. The van der Waals surface area contributed by atoms with Gasteiger partial charge in [-0.15, -0.1) is 0 Å². The lowest BCUT2D eigenvalue weighted by Gasteiger charge is -2.30. The molecule has 5 atom stereocenters. The molecule has 312 valence electrons. The summed E-state index contributed by atoms with van der Waals surface area (Å²) < 4.78 is 41.8. The number of alkyl carbamates (subject to hydrolysis) is 1. The minimum atomic E-state index is -4.00. The molecule has 2 aliphatic carbocycles. The Morgan fingerprint density at radius 3 is 2.50 bits per heavy atom. The van der Waals surface area contributed by atoms with Crippen molar-refractivity contribution in [2.45, 2.75) is 139 Å². The maximum Gasteiger partial charge on any atom is 0.408 e. The molecule has 4 heterocycles. The predicted octanol–water partition coefficient (Wildman–Crippen LogP) is 4.71. The van der Waals surface area contributed by atoms with Gasteiger partial charge in [0.25, 0.3) is 11.9 Å². The van der Waals surface area contributed by atoms with Gasteiger partial charge in [0.2, 0.25) is 21.8 Å². The van der Waals surface area contributed by atoms with Gasteiger partial charge < -0.3 is 25.0 Å². The Balaban J connectivity index is 1.22. The summed E-state index contributed by atoms with van der Waals surface area (Å²) in [5.74, 6) is -2.37. The van der Waals surface area contributed by atoms with Gasteiger partial charge in [-0.1, -0.05) is 37.1 Å². The number of para-hydroxylation sites is 1. The fraction of sp³-hybridized carbons (Fsp3) is 0.585. The fourth-order valence-corrected chi connectivity index (χ4v) is 9.21. The van der Waals surface area contributed by atoms with Crippen LogP contribution in [0.5, 0.6) is 6.01 Å². The van der Waals surface area contributed by atoms with E-state index in [9.17, 15) is 27.6 Å². The first-order valence-electron chi connectivity index (χ1n) is 20.2. The average molecular weight is 819 g/mol. The normalized spacial score (nSPS) is 26.7. The van der Waals surface area contributed by atoms with E-state index in [-0.39, 0.29) is 25.4 Å². The Labute approximate surface area is 339 Å². The van der Waals surface area contributed by atoms with Crippen molar-refractivity contribution in [3.63, 3.8) is 0 Å². The molecule has 3 N–H and O–H groups in total. The highest BCUT2D eigenvalue weighted by atomic mass is 32.2. The number of carbonyl (C=O) groups is 4. The van der Waals surface area contributed by atoms with Crippen LogP contribution in [0.15, 0.2) is 49.1 Å². The van der Waals surface area contributed by atoms with E-state index in [0.717, 1.165) is 29.5 Å². The summed E-state index contributed by atoms with van der Waals surface area (Å²) >= 11 is 0. The first kappa shape index (κ1) is 41.1. The summed E-state index contributed by atoms with van der Waals surface area (Å²) in [5.41, 5.74) is 0.712. The van der Waals surface area contributed by atoms with Gasteiger partial charge in [-0.3, -0.25) is 23.7 Å². The Hall–Kier alpha value is -5.06. The number of allylic oxidation sites excluding steroid dienone is 1. The number of rotatable bonds is 8. The van der Waals surface area contributed by atoms with Crippen LogP contribution in [0.25, 0.3) is 22.2 Å². The number of imidazole rings is 1. The van der Waals surface area contributed by atoms with Gasteiger partial charge in [0, 0.05) is 41.9 Å². The van der Waals surface area contributed by atoms with Crippen LogP contribution in [-0.2, 0) is 29.1 Å². The zero-order valence-electron chi connectivity index (χ0n) is 34.0. The number of amides is 4. The number of benzene rings is 1. The van der Waals surface area contributed by atoms with Gasteiger partial charge in [-0.25, -0.2) is 23.2 Å². The number of fused-ring (bicyclic) bond motifs is 3. The molecule has 16 nitrogen and oxygen atoms in total. The second kappa shape index (κ2) is 15.6. The largest absolute Gasteiger partial charge is 0.459 e. The highest BCUT2D eigenvalue weighted by molar-refractivity contribution is 7.91. The molecular weight excluding hydrogens is 765 g/mol. The molecule has 7 rings (SSSR count). The monoisotopic (exact) mass is 818 g/mol. The number of sulfonamides is 1. The molecule has 3 aromatic rings. The lowest BCUT2D eigenvalue weighted by molar-refractivity contribution is -0.141. The second-order valence-corrected chi connectivity index (χ2v) is 19.8. The molecule has 1 saturated heterocycles. The SMILES string of the molecule is CC(C)n1c(O[C@@H]2C[C@H]3C(=O)N[C@]4(C(=O)NS(=O)(=O)C5(C)CC5)C[C@H]4/C=C\CCCCC[C@H](NC(=O)OC(C)(C)C)C(=O)N3C2)nc2c(-c3cncnc3)cccc21. The molecule has 0 spiro atoms. The Morgan fingerprint density at radius 2 is 1.81 bits per heavy atom. The van der Waals surface area contributed by atoms with E-state index in [1.807, 2.05) is 48.8 Å². The molecule has 58 heavy (non-hydrogen) atoms. The van der Waals surface area contributed by atoms with Gasteiger partial charge in [-0.05, 0) is 86.1 Å². The molecule has 0 unspecified atom stereocenters. The molecule has 2 aliphatic heterocycles. The van der Waals surface area contributed by atoms with E-state index >= 15 is 0 Å². The fourth-order valence-electron chi connectivity index (χ4n) is 7.89. The highest BCUT2D eigenvalue weighted by Crippen LogP contribution is 2.47. The van der Waals surface area contributed by atoms with Crippen molar-refractivity contribution in [1.29, 1.82) is 0 Å². The molecule has 4 aliphatic rings. The average Bonchev–Trinajstić information content (AvgIpc) is 3.97. The first-order valence-corrected chi connectivity index (χ1v) is 21.7. The number of aromatic nitrogens is 4. The number of nitrogens with zero attached hydrogens (tertiary/aromatic N) is 5. The second-order valence-electron chi connectivity index (χ2n) is 17.6. The third-order valence-corrected chi connectivity index (χ3v) is 13.7. The zero-order valence-corrected chi connectivity index (χ0v) is 34.8. The van der Waals surface area contributed by atoms with Crippen LogP contribution in [0, 0.1) is 5.92 Å². The molecule has 4 amide bonds. The lowest BCUT2D eigenvalue weighted by atomic mass is 10.0. The summed E-state index contributed by atoms with van der Waals surface area (Å²) in [5, 5.41) is 5.68. The summed E-state index contributed by atoms with van der Waals surface area (Å²) in [4.78, 5) is 71.0. The third-order valence-electron chi connectivity index (χ3n) is 11.5. The topological polar surface area (TPSA) is 204 Å². The Kier molecular flexibility index (Phi) is 11.1. The molecule has 2 saturated carbocycles. The van der Waals surface area contributed by atoms with E-state index < -0.39 is 73.8 Å². The molecular formula is C41H54N8O8S. The smallest absolute Gasteiger partial charge is 0.408 e. The third kappa shape index (κ3) is 8.41. The van der Waals surface area contributed by atoms with Crippen molar-refractivity contribution in [1.82, 2.24) is 39.8 Å². The van der Waals surface area contributed by atoms with E-state index in [4.69, 9.17) is 14.5 Å². The van der Waals surface area contributed by atoms with Crippen molar-refractivity contribution < 1.29 is 37.1 Å². The molecule has 2 aromatic heterocycles. The molecule has 0 radical (unpaired) electrons. The lowest BCUT2D eigenvalue weighted by Crippen LogP contribution is -2.58. The van der Waals surface area contributed by atoms with Crippen molar-refractivity contribution in [2.24, 2.45) is 5.92 Å². The minimum absolute atomic E-state index is 0.0284. The van der Waals surface area contributed by atoms with Crippen molar-refractivity contribution in [2.75, 3.05) is 6.54 Å². The molecule has 1 aromatic carbocycles. The maximum absolute atomic E-state index is 14.7. The minimum Gasteiger partial charge on any atom is -0.459 e. The van der Waals surface area contributed by atoms with Crippen molar-refractivity contribution >= 4 is 44.9 Å². The standard InChI is InChI=1S/C41H54N8O8S/c1-25(2)49-31-16-12-14-29(26-21-42-24-43-22-26)33(31)45-37(49)56-28-19-32-34(50)46-41(36(52)47-58(54,55)40(6)17-18-40)20-27(41)13-10-8-7-9-11-15-30(35(51)48(32)23-28)44-38(53)57-39(3,4)5/h10,12-14,16,21-22,24-25,27-28,30,32H,7-9,11,15,17-20,23H2,1-6H3,(H,44,53)(H,46,50)(H,47,52)/b13-10-/t27-,28-,30+,32+,41-/m1/s1. The van der Waals surface area contributed by atoms with Crippen molar-refractivity contribution in [3.05, 3.63) is 49.1 Å². The Bertz CT molecular complexity index is 2210. The van der Waals surface area contributed by atoms with Crippen LogP contribution >= 0.6 is 0 Å². The quantitative estimate of drug-likeness (QED) is 0.266.